The van der Waals surface area contributed by atoms with Crippen LogP contribution < -0.4 is 10.6 Å². The second-order valence-corrected chi connectivity index (χ2v) is 6.77. The van der Waals surface area contributed by atoms with Crippen LogP contribution in [-0.4, -0.2) is 40.2 Å². The lowest BCUT2D eigenvalue weighted by atomic mass is 10.1. The van der Waals surface area contributed by atoms with Crippen LogP contribution in [0, 0.1) is 6.92 Å². The van der Waals surface area contributed by atoms with Gasteiger partial charge in [-0.25, -0.2) is 8.42 Å². The first-order chi connectivity index (χ1) is 9.36. The first-order valence-electron chi connectivity index (χ1n) is 6.66. The number of carbonyl (C=O) groups excluding carboxylic acids is 1. The van der Waals surface area contributed by atoms with Crippen molar-refractivity contribution in [2.45, 2.75) is 25.2 Å². The predicted molar refractivity (Wildman–Crippen MR) is 87.0 cm³/mol. The molecule has 1 aromatic carbocycles. The van der Waals surface area contributed by atoms with Gasteiger partial charge >= 0.3 is 0 Å². The van der Waals surface area contributed by atoms with Crippen molar-refractivity contribution < 1.29 is 13.2 Å². The minimum Gasteiger partial charge on any atom is -0.351 e. The number of nitrogens with one attached hydrogen (secondary N) is 2. The zero-order valence-electron chi connectivity index (χ0n) is 12.6. The predicted octanol–water partition coefficient (Wildman–Crippen LogP) is 1.55. The highest BCUT2D eigenvalue weighted by Gasteiger charge is 2.13. The first-order valence-corrected chi connectivity index (χ1v) is 8.55. The van der Waals surface area contributed by atoms with E-state index in [1.165, 1.54) is 12.1 Å². The van der Waals surface area contributed by atoms with Crippen molar-refractivity contribution >= 4 is 28.2 Å². The van der Waals surface area contributed by atoms with Crippen LogP contribution in [0.25, 0.3) is 0 Å². The average molecular weight is 335 g/mol. The number of benzene rings is 1. The molecule has 0 aliphatic carbocycles. The fourth-order valence-corrected chi connectivity index (χ4v) is 2.38. The van der Waals surface area contributed by atoms with Crippen LogP contribution in [0.15, 0.2) is 23.1 Å². The van der Waals surface area contributed by atoms with Crippen LogP contribution in [0.3, 0.4) is 0 Å². The summed E-state index contributed by atoms with van der Waals surface area (Å²) in [5.41, 5.74) is 1.17. The maximum absolute atomic E-state index is 12.0. The monoisotopic (exact) mass is 334 g/mol. The van der Waals surface area contributed by atoms with Gasteiger partial charge in [0.1, 0.15) is 0 Å². The van der Waals surface area contributed by atoms with Gasteiger partial charge in [0.05, 0.1) is 4.90 Å². The molecule has 0 aliphatic heterocycles. The van der Waals surface area contributed by atoms with Crippen LogP contribution in [-0.2, 0) is 9.84 Å². The second-order valence-electron chi connectivity index (χ2n) is 4.75. The van der Waals surface area contributed by atoms with Crippen molar-refractivity contribution in [3.8, 4) is 0 Å². The minimum atomic E-state index is -3.30. The summed E-state index contributed by atoms with van der Waals surface area (Å²) in [6, 6.07) is 4.60. The average Bonchev–Trinajstić information content (AvgIpc) is 2.37. The van der Waals surface area contributed by atoms with Gasteiger partial charge < -0.3 is 10.6 Å². The summed E-state index contributed by atoms with van der Waals surface area (Å²) in [5.74, 6) is -0.244. The number of halogens is 1. The van der Waals surface area contributed by atoms with Crippen LogP contribution in [0.4, 0.5) is 0 Å². The molecule has 1 amide bonds. The second kappa shape index (κ2) is 9.02. The summed E-state index contributed by atoms with van der Waals surface area (Å²) in [6.07, 6.45) is 2.18. The molecular formula is C14H23ClN2O3S. The van der Waals surface area contributed by atoms with Crippen LogP contribution in [0.2, 0.25) is 0 Å². The Balaban J connectivity index is 0.00000400. The lowest BCUT2D eigenvalue weighted by Gasteiger charge is -2.09. The standard InChI is InChI=1S/C14H22N2O3S.ClH/c1-4-7-15-8-9-16-14(17)13-10-12(20(3,18)19)6-5-11(13)2;/h5-6,10,15H,4,7-9H2,1-3H3,(H,16,17);1H. The van der Waals surface area contributed by atoms with Crippen LogP contribution >= 0.6 is 12.4 Å². The Bertz CT molecular complexity index is 574. The van der Waals surface area contributed by atoms with E-state index < -0.39 is 9.84 Å². The SMILES string of the molecule is CCCNCCNC(=O)c1cc(S(C)(=O)=O)ccc1C.Cl. The highest BCUT2D eigenvalue weighted by molar-refractivity contribution is 7.90. The van der Waals surface area contributed by atoms with Gasteiger partial charge in [0.25, 0.3) is 5.91 Å². The molecule has 0 aromatic heterocycles. The Kier molecular flexibility index (Phi) is 8.54. The van der Waals surface area contributed by atoms with Crippen LogP contribution in [0.5, 0.6) is 0 Å². The molecule has 0 atom stereocenters. The molecule has 21 heavy (non-hydrogen) atoms. The Hall–Kier alpha value is -1.11. The van der Waals surface area contributed by atoms with Crippen molar-refractivity contribution in [2.75, 3.05) is 25.9 Å². The number of aryl methyl sites for hydroxylation is 1. The maximum Gasteiger partial charge on any atom is 0.251 e. The molecule has 0 radical (unpaired) electrons. The molecule has 120 valence electrons. The van der Waals surface area contributed by atoms with Crippen molar-refractivity contribution in [1.29, 1.82) is 0 Å². The third-order valence-corrected chi connectivity index (χ3v) is 4.01. The van der Waals surface area contributed by atoms with E-state index in [4.69, 9.17) is 0 Å². The maximum atomic E-state index is 12.0. The van der Waals surface area contributed by atoms with Crippen LogP contribution in [0.1, 0.15) is 29.3 Å². The molecule has 1 aromatic rings. The number of carbonyl (C=O) groups is 1. The summed E-state index contributed by atoms with van der Waals surface area (Å²) >= 11 is 0. The Labute approximate surface area is 132 Å². The summed E-state index contributed by atoms with van der Waals surface area (Å²) < 4.78 is 23.0. The summed E-state index contributed by atoms with van der Waals surface area (Å²) in [7, 11) is -3.30. The Morgan fingerprint density at radius 2 is 1.86 bits per heavy atom. The molecule has 0 unspecified atom stereocenters. The molecule has 5 nitrogen and oxygen atoms in total. The van der Waals surface area contributed by atoms with E-state index in [1.54, 1.807) is 13.0 Å². The van der Waals surface area contributed by atoms with E-state index in [-0.39, 0.29) is 23.2 Å². The molecule has 0 saturated heterocycles. The fraction of sp³-hybridized carbons (Fsp3) is 0.500. The van der Waals surface area contributed by atoms with Gasteiger partial charge in [-0.2, -0.15) is 0 Å². The third-order valence-electron chi connectivity index (χ3n) is 2.90. The minimum absolute atomic E-state index is 0. The molecule has 7 heteroatoms. The molecule has 1 rings (SSSR count). The largest absolute Gasteiger partial charge is 0.351 e. The highest BCUT2D eigenvalue weighted by atomic mass is 35.5. The number of amides is 1. The molecule has 0 heterocycles. The number of rotatable bonds is 7. The van der Waals surface area contributed by atoms with E-state index in [2.05, 4.69) is 17.6 Å². The van der Waals surface area contributed by atoms with Crippen molar-refractivity contribution in [3.63, 3.8) is 0 Å². The normalized spacial score (nSPS) is 10.8. The van der Waals surface area contributed by atoms with Crippen molar-refractivity contribution in [2.24, 2.45) is 0 Å². The lowest BCUT2D eigenvalue weighted by Crippen LogP contribution is -2.32. The zero-order valence-corrected chi connectivity index (χ0v) is 14.2. The van der Waals surface area contributed by atoms with E-state index in [1.807, 2.05) is 0 Å². The molecule has 0 aliphatic rings. The van der Waals surface area contributed by atoms with Gasteiger partial charge in [-0.05, 0) is 37.6 Å². The topological polar surface area (TPSA) is 75.3 Å². The van der Waals surface area contributed by atoms with Gasteiger partial charge in [-0.3, -0.25) is 4.79 Å². The molecular weight excluding hydrogens is 312 g/mol. The van der Waals surface area contributed by atoms with E-state index in [9.17, 15) is 13.2 Å². The molecule has 0 spiro atoms. The van der Waals surface area contributed by atoms with Gasteiger partial charge in [0.2, 0.25) is 0 Å². The molecule has 2 N–H and O–H groups in total. The molecule has 0 fully saturated rings. The molecule has 0 saturated carbocycles. The highest BCUT2D eigenvalue weighted by Crippen LogP contribution is 2.15. The van der Waals surface area contributed by atoms with Gasteiger partial charge in [-0.15, -0.1) is 12.4 Å². The zero-order chi connectivity index (χ0) is 15.2. The number of hydrogen-bond acceptors (Lipinski definition) is 4. The van der Waals surface area contributed by atoms with Gasteiger partial charge in [-0.1, -0.05) is 13.0 Å². The van der Waals surface area contributed by atoms with Gasteiger partial charge in [0, 0.05) is 24.9 Å². The lowest BCUT2D eigenvalue weighted by molar-refractivity contribution is 0.0953. The number of hydrogen-bond donors (Lipinski definition) is 2. The summed E-state index contributed by atoms with van der Waals surface area (Å²) in [4.78, 5) is 12.2. The van der Waals surface area contributed by atoms with Crippen molar-refractivity contribution in [3.05, 3.63) is 29.3 Å². The molecule has 0 bridgehead atoms. The van der Waals surface area contributed by atoms with E-state index in [0.29, 0.717) is 18.7 Å². The van der Waals surface area contributed by atoms with E-state index in [0.717, 1.165) is 24.8 Å². The third kappa shape index (κ3) is 6.46. The van der Waals surface area contributed by atoms with Crippen molar-refractivity contribution in [1.82, 2.24) is 10.6 Å². The first kappa shape index (κ1) is 19.9. The summed E-state index contributed by atoms with van der Waals surface area (Å²) in [5, 5.41) is 5.96. The summed E-state index contributed by atoms with van der Waals surface area (Å²) in [6.45, 7) is 5.99. The fourth-order valence-electron chi connectivity index (χ4n) is 1.74. The Morgan fingerprint density at radius 3 is 2.43 bits per heavy atom. The smallest absolute Gasteiger partial charge is 0.251 e. The Morgan fingerprint density at radius 1 is 1.19 bits per heavy atom. The van der Waals surface area contributed by atoms with Gasteiger partial charge in [0.15, 0.2) is 9.84 Å². The quantitative estimate of drug-likeness (QED) is 0.742. The number of sulfone groups is 1. The van der Waals surface area contributed by atoms with E-state index >= 15 is 0 Å².